The molecule has 0 heterocycles. The molecule has 0 bridgehead atoms. The van der Waals surface area contributed by atoms with Gasteiger partial charge in [-0.3, -0.25) is 9.59 Å². The first-order valence-corrected chi connectivity index (χ1v) is 2.90. The van der Waals surface area contributed by atoms with E-state index in [-0.39, 0.29) is 29.6 Å². The van der Waals surface area contributed by atoms with Crippen molar-refractivity contribution < 1.29 is 34.8 Å². The molecule has 0 fully saturated rings. The number of hydrogen-bond acceptors (Lipinski definition) is 6. The number of hydrogen-bond donors (Lipinski definition) is 1. The van der Waals surface area contributed by atoms with Gasteiger partial charge >= 0.3 is 29.6 Å². The summed E-state index contributed by atoms with van der Waals surface area (Å²) < 4.78 is 0. The van der Waals surface area contributed by atoms with E-state index < -0.39 is 21.6 Å². The molecule has 1 aromatic rings. The van der Waals surface area contributed by atoms with E-state index in [1.807, 2.05) is 0 Å². The van der Waals surface area contributed by atoms with E-state index in [4.69, 9.17) is 5.21 Å². The van der Waals surface area contributed by atoms with Crippen molar-refractivity contribution in [1.29, 1.82) is 0 Å². The van der Waals surface area contributed by atoms with E-state index in [1.165, 1.54) is 0 Å². The van der Waals surface area contributed by atoms with Gasteiger partial charge in [0.15, 0.2) is 5.36 Å². The molecule has 0 radical (unpaired) electrons. The van der Waals surface area contributed by atoms with Gasteiger partial charge in [-0.2, -0.15) is 0 Å². The summed E-state index contributed by atoms with van der Waals surface area (Å²) in [5, 5.41) is 21.8. The zero-order chi connectivity index (χ0) is 9.14. The molecule has 1 rings (SSSR count). The number of benzene rings is 1. The molecule has 0 aliphatic rings. The van der Waals surface area contributed by atoms with E-state index in [2.05, 4.69) is 10.3 Å². The van der Waals surface area contributed by atoms with Crippen LogP contribution in [-0.2, 0) is 0 Å². The molecule has 0 amide bonds. The first-order valence-electron chi connectivity index (χ1n) is 2.90. The smallest absolute Gasteiger partial charge is 0.791 e. The van der Waals surface area contributed by atoms with Gasteiger partial charge in [0.25, 0.3) is 0 Å². The Kier molecular flexibility index (Phi) is 4.53. The van der Waals surface area contributed by atoms with Crippen molar-refractivity contribution in [2.24, 2.45) is 10.3 Å². The molecule has 0 saturated heterocycles. The standard InChI is InChI=1S/C6H4N2O4.Na/c9-4-2-1-3(7-11)6(10)5(4)8-12;/h1-2,11-12H;/q;+1/p-1. The van der Waals surface area contributed by atoms with Gasteiger partial charge in [-0.05, 0) is 12.1 Å². The molecule has 0 atom stereocenters. The van der Waals surface area contributed by atoms with Crippen molar-refractivity contribution in [1.82, 2.24) is 0 Å². The molecule has 0 aromatic heterocycles. The summed E-state index contributed by atoms with van der Waals surface area (Å²) in [6.07, 6.45) is 0. The van der Waals surface area contributed by atoms with Gasteiger partial charge in [-0.1, -0.05) is 5.16 Å². The van der Waals surface area contributed by atoms with Crippen LogP contribution in [0.3, 0.4) is 0 Å². The molecule has 0 saturated carbocycles. The van der Waals surface area contributed by atoms with Crippen molar-refractivity contribution in [2.45, 2.75) is 0 Å². The Labute approximate surface area is 93.5 Å². The van der Waals surface area contributed by atoms with Gasteiger partial charge in [-0.15, -0.1) is 0 Å². The zero-order valence-electron chi connectivity index (χ0n) is 6.72. The summed E-state index contributed by atoms with van der Waals surface area (Å²) >= 11 is 0. The maximum atomic E-state index is 10.9. The van der Waals surface area contributed by atoms with Crippen LogP contribution < -0.4 is 51.1 Å². The number of rotatable bonds is 0. The third-order valence-electron chi connectivity index (χ3n) is 1.27. The molecule has 13 heavy (non-hydrogen) atoms. The first kappa shape index (κ1) is 12.0. The van der Waals surface area contributed by atoms with E-state index in [1.54, 1.807) is 0 Å². The van der Waals surface area contributed by atoms with Gasteiger partial charge < -0.3 is 15.6 Å². The summed E-state index contributed by atoms with van der Waals surface area (Å²) in [6.45, 7) is 0. The van der Waals surface area contributed by atoms with Gasteiger partial charge in [0.05, 0.1) is 0 Å². The Morgan fingerprint density at radius 1 is 1.31 bits per heavy atom. The monoisotopic (exact) mass is 190 g/mol. The van der Waals surface area contributed by atoms with Gasteiger partial charge in [-0.25, -0.2) is 0 Å². The molecule has 0 aliphatic carbocycles. The summed E-state index contributed by atoms with van der Waals surface area (Å²) in [6, 6.07) is 1.92. The average Bonchev–Trinajstić information content (AvgIpc) is 2.06. The van der Waals surface area contributed by atoms with Crippen LogP contribution in [0, 0.1) is 5.21 Å². The Bertz CT molecular complexity index is 501. The minimum Gasteiger partial charge on any atom is -0.791 e. The number of nitrogens with zero attached hydrogens (tertiary/aromatic N) is 2. The molecule has 6 nitrogen and oxygen atoms in total. The molecule has 0 unspecified atom stereocenters. The van der Waals surface area contributed by atoms with Gasteiger partial charge in [0, 0.05) is 0 Å². The minimum atomic E-state index is -0.958. The van der Waals surface area contributed by atoms with E-state index in [0.29, 0.717) is 0 Å². The van der Waals surface area contributed by atoms with Crippen LogP contribution in [-0.4, -0.2) is 5.21 Å². The Hall–Kier alpha value is -0.980. The van der Waals surface area contributed by atoms with Crippen LogP contribution in [0.25, 0.3) is 0 Å². The quantitative estimate of drug-likeness (QED) is 0.251. The molecule has 62 valence electrons. The van der Waals surface area contributed by atoms with E-state index in [0.717, 1.165) is 12.1 Å². The van der Waals surface area contributed by atoms with E-state index >= 15 is 0 Å². The normalized spacial score (nSPS) is 12.6. The predicted octanol–water partition coefficient (Wildman–Crippen LogP) is -5.02. The Morgan fingerprint density at radius 3 is 2.38 bits per heavy atom. The Morgan fingerprint density at radius 2 is 1.92 bits per heavy atom. The second kappa shape index (κ2) is 4.90. The largest absolute Gasteiger partial charge is 1.00 e. The van der Waals surface area contributed by atoms with Crippen molar-refractivity contribution >= 4 is 0 Å². The molecule has 7 heteroatoms. The SMILES string of the molecule is O=c1ccc(=N[O-])c(=O)c1=NO.[Na+]. The molecular weight excluding hydrogens is 187 g/mol. The van der Waals surface area contributed by atoms with Crippen LogP contribution >= 0.6 is 0 Å². The predicted molar refractivity (Wildman–Crippen MR) is 37.6 cm³/mol. The van der Waals surface area contributed by atoms with Crippen LogP contribution in [0.5, 0.6) is 0 Å². The third kappa shape index (κ3) is 2.24. The Balaban J connectivity index is 0.00000144. The summed E-state index contributed by atoms with van der Waals surface area (Å²) in [5.41, 5.74) is -1.70. The zero-order valence-corrected chi connectivity index (χ0v) is 8.72. The molecule has 1 aromatic carbocycles. The van der Waals surface area contributed by atoms with Crippen LogP contribution in [0.4, 0.5) is 0 Å². The second-order valence-corrected chi connectivity index (χ2v) is 1.95. The average molecular weight is 190 g/mol. The summed E-state index contributed by atoms with van der Waals surface area (Å²) in [7, 11) is 0. The molecule has 0 spiro atoms. The van der Waals surface area contributed by atoms with Gasteiger partial charge in [0.1, 0.15) is 5.36 Å². The molecule has 0 aliphatic heterocycles. The van der Waals surface area contributed by atoms with Crippen molar-refractivity contribution in [3.8, 4) is 0 Å². The first-order chi connectivity index (χ1) is 5.70. The molecule has 1 N–H and O–H groups in total. The summed E-state index contributed by atoms with van der Waals surface area (Å²) in [5.74, 6) is 0. The van der Waals surface area contributed by atoms with Crippen LogP contribution in [0.2, 0.25) is 0 Å². The van der Waals surface area contributed by atoms with E-state index in [9.17, 15) is 14.8 Å². The maximum Gasteiger partial charge on any atom is 1.00 e. The van der Waals surface area contributed by atoms with Crippen molar-refractivity contribution in [3.05, 3.63) is 48.5 Å². The molecular formula is C6H3N2NaO4. The fourth-order valence-corrected chi connectivity index (χ4v) is 0.709. The fourth-order valence-electron chi connectivity index (χ4n) is 0.709. The summed E-state index contributed by atoms with van der Waals surface area (Å²) in [4.78, 5) is 21.6. The van der Waals surface area contributed by atoms with Crippen LogP contribution in [0.15, 0.2) is 32.0 Å². The maximum absolute atomic E-state index is 10.9. The topological polar surface area (TPSA) is 102 Å². The fraction of sp³-hybridized carbons (Fsp3) is 0. The van der Waals surface area contributed by atoms with Crippen LogP contribution in [0.1, 0.15) is 0 Å². The van der Waals surface area contributed by atoms with Crippen molar-refractivity contribution in [2.75, 3.05) is 0 Å². The minimum absolute atomic E-state index is 0. The van der Waals surface area contributed by atoms with Gasteiger partial charge in [0.2, 0.25) is 10.9 Å². The van der Waals surface area contributed by atoms with Crippen molar-refractivity contribution in [3.63, 3.8) is 0 Å². The second-order valence-electron chi connectivity index (χ2n) is 1.95. The third-order valence-corrected chi connectivity index (χ3v) is 1.27.